The molecule has 20 heavy (non-hydrogen) atoms. The van der Waals surface area contributed by atoms with E-state index in [9.17, 15) is 0 Å². The summed E-state index contributed by atoms with van der Waals surface area (Å²) in [4.78, 5) is 0. The first-order valence-electron chi connectivity index (χ1n) is 9.27. The van der Waals surface area contributed by atoms with Crippen LogP contribution in [-0.4, -0.2) is 0 Å². The molecule has 0 nitrogen and oxygen atoms in total. The molecule has 0 aliphatic heterocycles. The molecule has 0 amide bonds. The van der Waals surface area contributed by atoms with E-state index in [1.165, 1.54) is 89.9 Å². The number of hydrogen-bond donors (Lipinski definition) is 0. The van der Waals surface area contributed by atoms with Gasteiger partial charge in [0.25, 0.3) is 0 Å². The van der Waals surface area contributed by atoms with Gasteiger partial charge in [-0.25, -0.2) is 0 Å². The largest absolute Gasteiger partial charge is 0.0885 e. The lowest BCUT2D eigenvalue weighted by Crippen LogP contribution is -2.16. The van der Waals surface area contributed by atoms with Gasteiger partial charge < -0.3 is 0 Å². The fraction of sp³-hybridized carbons (Fsp3) is 0.800. The summed E-state index contributed by atoms with van der Waals surface area (Å²) in [5, 5.41) is 0. The third kappa shape index (κ3) is 6.29. The first-order valence-corrected chi connectivity index (χ1v) is 9.27. The van der Waals surface area contributed by atoms with Crippen molar-refractivity contribution < 1.29 is 0 Å². The lowest BCUT2D eigenvalue weighted by Gasteiger charge is -2.28. The minimum atomic E-state index is 1.03. The maximum absolute atomic E-state index is 2.43. The highest BCUT2D eigenvalue weighted by Crippen LogP contribution is 2.33. The molecule has 0 heteroatoms. The Morgan fingerprint density at radius 1 is 0.400 bits per heavy atom. The fourth-order valence-electron chi connectivity index (χ4n) is 4.04. The molecule has 2 rings (SSSR count). The van der Waals surface area contributed by atoms with Gasteiger partial charge >= 0.3 is 0 Å². The quantitative estimate of drug-likeness (QED) is 0.460. The Morgan fingerprint density at radius 2 is 0.750 bits per heavy atom. The minimum absolute atomic E-state index is 1.03. The highest BCUT2D eigenvalue weighted by molar-refractivity contribution is 4.85. The molecule has 0 aromatic carbocycles. The summed E-state index contributed by atoms with van der Waals surface area (Å²) in [5.74, 6) is 2.06. The number of allylic oxidation sites excluding steroid dienone is 4. The van der Waals surface area contributed by atoms with Gasteiger partial charge in [-0.2, -0.15) is 0 Å². The fourth-order valence-corrected chi connectivity index (χ4v) is 4.04. The Balaban J connectivity index is 1.86. The van der Waals surface area contributed by atoms with E-state index in [2.05, 4.69) is 24.3 Å². The van der Waals surface area contributed by atoms with Gasteiger partial charge in [0.2, 0.25) is 0 Å². The first-order chi connectivity index (χ1) is 9.97. The van der Waals surface area contributed by atoms with Crippen LogP contribution in [0.5, 0.6) is 0 Å². The highest BCUT2D eigenvalue weighted by atomic mass is 14.3. The van der Waals surface area contributed by atoms with E-state index in [0.29, 0.717) is 0 Å². The lowest BCUT2D eigenvalue weighted by atomic mass is 9.78. The van der Waals surface area contributed by atoms with Gasteiger partial charge in [0.1, 0.15) is 0 Å². The predicted octanol–water partition coefficient (Wildman–Crippen LogP) is 6.82. The van der Waals surface area contributed by atoms with Gasteiger partial charge in [0.15, 0.2) is 0 Å². The van der Waals surface area contributed by atoms with Crippen LogP contribution in [0.25, 0.3) is 0 Å². The van der Waals surface area contributed by atoms with Gasteiger partial charge in [-0.3, -0.25) is 0 Å². The summed E-state index contributed by atoms with van der Waals surface area (Å²) in [5.41, 5.74) is 0. The van der Waals surface area contributed by atoms with Crippen molar-refractivity contribution in [2.24, 2.45) is 11.8 Å². The van der Waals surface area contributed by atoms with Crippen molar-refractivity contribution in [1.82, 2.24) is 0 Å². The maximum atomic E-state index is 2.43. The Hall–Kier alpha value is -0.520. The molecule has 0 aromatic rings. The van der Waals surface area contributed by atoms with E-state index >= 15 is 0 Å². The lowest BCUT2D eigenvalue weighted by molar-refractivity contribution is 0.242. The van der Waals surface area contributed by atoms with E-state index in [1.54, 1.807) is 0 Å². The Kier molecular flexibility index (Phi) is 8.12. The zero-order valence-corrected chi connectivity index (χ0v) is 13.4. The van der Waals surface area contributed by atoms with E-state index in [0.717, 1.165) is 11.8 Å². The molecule has 0 fully saturated rings. The van der Waals surface area contributed by atoms with Crippen LogP contribution in [0.15, 0.2) is 24.3 Å². The summed E-state index contributed by atoms with van der Waals surface area (Å²) in [6.45, 7) is 0. The molecule has 0 spiro atoms. The third-order valence-electron chi connectivity index (χ3n) is 5.28. The zero-order chi connectivity index (χ0) is 13.9. The molecule has 0 saturated carbocycles. The molecule has 0 aromatic heterocycles. The van der Waals surface area contributed by atoms with Crippen molar-refractivity contribution in [3.05, 3.63) is 24.3 Å². The Morgan fingerprint density at radius 3 is 1.20 bits per heavy atom. The molecule has 0 saturated heterocycles. The van der Waals surface area contributed by atoms with Crippen LogP contribution < -0.4 is 0 Å². The van der Waals surface area contributed by atoms with Crippen molar-refractivity contribution in [2.45, 2.75) is 89.9 Å². The van der Waals surface area contributed by atoms with Gasteiger partial charge in [-0.15, -0.1) is 0 Å². The number of hydrogen-bond acceptors (Lipinski definition) is 0. The van der Waals surface area contributed by atoms with Crippen LogP contribution in [0.1, 0.15) is 89.9 Å². The minimum Gasteiger partial charge on any atom is -0.0885 e. The summed E-state index contributed by atoms with van der Waals surface area (Å²) in [6, 6.07) is 0. The van der Waals surface area contributed by atoms with Crippen molar-refractivity contribution in [1.29, 1.82) is 0 Å². The maximum Gasteiger partial charge on any atom is -0.0351 e. The second kappa shape index (κ2) is 10.2. The van der Waals surface area contributed by atoms with Crippen molar-refractivity contribution in [3.63, 3.8) is 0 Å². The van der Waals surface area contributed by atoms with Gasteiger partial charge in [0.05, 0.1) is 0 Å². The highest BCUT2D eigenvalue weighted by Gasteiger charge is 2.20. The van der Waals surface area contributed by atoms with Crippen LogP contribution in [0.2, 0.25) is 0 Å². The van der Waals surface area contributed by atoms with Crippen LogP contribution >= 0.6 is 0 Å². The van der Waals surface area contributed by atoms with Crippen LogP contribution in [0.4, 0.5) is 0 Å². The third-order valence-corrected chi connectivity index (χ3v) is 5.28. The molecule has 0 radical (unpaired) electrons. The van der Waals surface area contributed by atoms with Crippen LogP contribution in [0, 0.1) is 11.8 Å². The molecule has 0 N–H and O–H groups in total. The van der Waals surface area contributed by atoms with Crippen molar-refractivity contribution in [2.75, 3.05) is 0 Å². The average molecular weight is 274 g/mol. The van der Waals surface area contributed by atoms with Gasteiger partial charge in [0, 0.05) is 0 Å². The SMILES string of the molecule is C1=CCCCC(C2CCCC=CCCCC2)CCCC1. The van der Waals surface area contributed by atoms with E-state index < -0.39 is 0 Å². The first kappa shape index (κ1) is 15.9. The summed E-state index contributed by atoms with van der Waals surface area (Å²) in [7, 11) is 0. The summed E-state index contributed by atoms with van der Waals surface area (Å²) >= 11 is 0. The van der Waals surface area contributed by atoms with Crippen LogP contribution in [-0.2, 0) is 0 Å². The van der Waals surface area contributed by atoms with Crippen molar-refractivity contribution >= 4 is 0 Å². The van der Waals surface area contributed by atoms with E-state index in [1.807, 2.05) is 0 Å². The molecule has 0 bridgehead atoms. The van der Waals surface area contributed by atoms with E-state index in [-0.39, 0.29) is 0 Å². The molecular formula is C20H34. The van der Waals surface area contributed by atoms with Gasteiger partial charge in [-0.1, -0.05) is 50.0 Å². The second-order valence-corrected chi connectivity index (χ2v) is 6.89. The molecule has 114 valence electrons. The standard InChI is InChI=1S/C20H34/c1-3-7-11-15-19(16-12-8-4-1)20-17-13-9-5-2-6-10-14-18-20/h1-3,5,19-20H,4,6-18H2. The summed E-state index contributed by atoms with van der Waals surface area (Å²) in [6.07, 6.45) is 29.6. The smallest absolute Gasteiger partial charge is 0.0351 e. The Bertz CT molecular complexity index is 256. The molecule has 2 atom stereocenters. The second-order valence-electron chi connectivity index (χ2n) is 6.89. The van der Waals surface area contributed by atoms with Crippen molar-refractivity contribution in [3.8, 4) is 0 Å². The average Bonchev–Trinajstić information content (AvgIpc) is 2.50. The zero-order valence-electron chi connectivity index (χ0n) is 13.4. The molecule has 2 aliphatic carbocycles. The number of rotatable bonds is 1. The topological polar surface area (TPSA) is 0 Å². The predicted molar refractivity (Wildman–Crippen MR) is 89.9 cm³/mol. The van der Waals surface area contributed by atoms with Gasteiger partial charge in [-0.05, 0) is 76.0 Å². The molecule has 2 aliphatic rings. The summed E-state index contributed by atoms with van der Waals surface area (Å²) < 4.78 is 0. The van der Waals surface area contributed by atoms with Crippen LogP contribution in [0.3, 0.4) is 0 Å². The molecular weight excluding hydrogens is 240 g/mol. The normalized spacial score (nSPS) is 30.8. The molecule has 0 heterocycles. The monoisotopic (exact) mass is 274 g/mol. The Labute approximate surface area is 126 Å². The van der Waals surface area contributed by atoms with E-state index in [4.69, 9.17) is 0 Å². The molecule has 2 unspecified atom stereocenters.